The Morgan fingerprint density at radius 3 is 1.43 bits per heavy atom. The van der Waals surface area contributed by atoms with Crippen molar-refractivity contribution in [1.82, 2.24) is 4.98 Å². The zero-order valence-electron chi connectivity index (χ0n) is 22.0. The largest absolute Gasteiger partial charge is 0.444 e. The molecule has 2 amide bonds. The Bertz CT molecular complexity index is 1200. The first kappa shape index (κ1) is 27.2. The highest BCUT2D eigenvalue weighted by Crippen LogP contribution is 2.26. The smallest absolute Gasteiger partial charge is 0.412 e. The molecule has 3 aromatic rings. The van der Waals surface area contributed by atoms with E-state index in [1.807, 2.05) is 36.4 Å². The van der Waals surface area contributed by atoms with E-state index in [0.29, 0.717) is 22.7 Å². The van der Waals surface area contributed by atoms with Crippen molar-refractivity contribution in [3.63, 3.8) is 0 Å². The Morgan fingerprint density at radius 1 is 0.676 bits per heavy atom. The molecule has 1 heterocycles. The molecule has 9 heteroatoms. The predicted molar refractivity (Wildman–Crippen MR) is 148 cm³/mol. The zero-order chi connectivity index (χ0) is 27.1. The van der Waals surface area contributed by atoms with Gasteiger partial charge in [0.15, 0.2) is 0 Å². The van der Waals surface area contributed by atoms with E-state index in [9.17, 15) is 9.59 Å². The minimum atomic E-state index is -0.600. The number of H-pyrrole nitrogens is 1. The number of benzene rings is 2. The fraction of sp³-hybridized carbons (Fsp3) is 0.286. The van der Waals surface area contributed by atoms with Crippen molar-refractivity contribution in [1.29, 1.82) is 0 Å². The van der Waals surface area contributed by atoms with Gasteiger partial charge in [-0.25, -0.2) is 9.59 Å². The van der Waals surface area contributed by atoms with E-state index in [2.05, 4.69) is 25.6 Å². The van der Waals surface area contributed by atoms with E-state index < -0.39 is 23.4 Å². The van der Waals surface area contributed by atoms with Gasteiger partial charge in [-0.1, -0.05) is 24.3 Å². The van der Waals surface area contributed by atoms with Gasteiger partial charge in [-0.15, -0.1) is 0 Å². The van der Waals surface area contributed by atoms with Gasteiger partial charge in [-0.05, 0) is 77.9 Å². The van der Waals surface area contributed by atoms with Crippen LogP contribution in [0.5, 0.6) is 0 Å². The highest BCUT2D eigenvalue weighted by atomic mass is 16.6. The predicted octanol–water partition coefficient (Wildman–Crippen LogP) is 7.21. The third kappa shape index (κ3) is 9.29. The molecule has 3 N–H and O–H groups in total. The van der Waals surface area contributed by atoms with Crippen molar-refractivity contribution in [3.8, 4) is 0 Å². The van der Waals surface area contributed by atoms with Crippen LogP contribution in [0.15, 0.2) is 70.6 Å². The van der Waals surface area contributed by atoms with Gasteiger partial charge in [0.2, 0.25) is 0 Å². The lowest BCUT2D eigenvalue weighted by Gasteiger charge is -2.20. The lowest BCUT2D eigenvalue weighted by Crippen LogP contribution is -2.27. The topological polar surface area (TPSA) is 117 Å². The van der Waals surface area contributed by atoms with Gasteiger partial charge in [0.1, 0.15) is 11.2 Å². The first-order valence-electron chi connectivity index (χ1n) is 11.8. The summed E-state index contributed by atoms with van der Waals surface area (Å²) in [4.78, 5) is 36.5. The molecule has 37 heavy (non-hydrogen) atoms. The van der Waals surface area contributed by atoms with Crippen LogP contribution in [0, 0.1) is 0 Å². The monoisotopic (exact) mass is 503 g/mol. The molecule has 0 saturated heterocycles. The molecule has 194 valence electrons. The minimum absolute atomic E-state index is 0.537. The molecule has 0 aliphatic carbocycles. The van der Waals surface area contributed by atoms with Crippen LogP contribution in [0.1, 0.15) is 52.9 Å². The van der Waals surface area contributed by atoms with Gasteiger partial charge in [0.25, 0.3) is 0 Å². The number of rotatable bonds is 6. The van der Waals surface area contributed by atoms with Crippen LogP contribution in [0.25, 0.3) is 0 Å². The maximum absolute atomic E-state index is 12.2. The minimum Gasteiger partial charge on any atom is -0.444 e. The summed E-state index contributed by atoms with van der Waals surface area (Å²) in [6, 6.07) is 18.1. The summed E-state index contributed by atoms with van der Waals surface area (Å²) in [5.41, 5.74) is 2.53. The summed E-state index contributed by atoms with van der Waals surface area (Å²) >= 11 is 0. The molecule has 3 rings (SSSR count). The van der Waals surface area contributed by atoms with E-state index in [-0.39, 0.29) is 0 Å². The molecular formula is C28H33N5O4. The number of anilines is 2. The maximum atomic E-state index is 12.2. The van der Waals surface area contributed by atoms with Gasteiger partial charge < -0.3 is 14.5 Å². The number of amides is 2. The molecule has 1 aromatic heterocycles. The number of hydrogen-bond acceptors (Lipinski definition) is 6. The van der Waals surface area contributed by atoms with Gasteiger partial charge in [-0.3, -0.25) is 20.6 Å². The second kappa shape index (κ2) is 11.6. The molecule has 0 saturated carbocycles. The molecule has 0 unspecified atom stereocenters. The molecule has 9 nitrogen and oxygen atoms in total. The Hall–Kier alpha value is -4.40. The first-order valence-corrected chi connectivity index (χ1v) is 11.8. The molecule has 0 aliphatic heterocycles. The van der Waals surface area contributed by atoms with Crippen LogP contribution in [0.3, 0.4) is 0 Å². The molecule has 2 aromatic carbocycles. The second-order valence-corrected chi connectivity index (χ2v) is 10.2. The number of aromatic nitrogens is 1. The number of aliphatic imine (C=N–C) groups is 2. The quantitative estimate of drug-likeness (QED) is 0.308. The third-order valence-corrected chi connectivity index (χ3v) is 4.50. The van der Waals surface area contributed by atoms with Gasteiger partial charge in [0, 0.05) is 0 Å². The number of ether oxygens (including phenoxy) is 2. The van der Waals surface area contributed by atoms with Crippen molar-refractivity contribution in [2.45, 2.75) is 52.7 Å². The summed E-state index contributed by atoms with van der Waals surface area (Å²) in [6.45, 7) is 10.8. The van der Waals surface area contributed by atoms with Crippen LogP contribution < -0.4 is 10.6 Å². The van der Waals surface area contributed by atoms with Crippen molar-refractivity contribution in [3.05, 3.63) is 72.1 Å². The Morgan fingerprint density at radius 2 is 1.05 bits per heavy atom. The van der Waals surface area contributed by atoms with Crippen LogP contribution >= 0.6 is 0 Å². The summed E-state index contributed by atoms with van der Waals surface area (Å²) < 4.78 is 10.6. The van der Waals surface area contributed by atoms with Crippen molar-refractivity contribution < 1.29 is 19.1 Å². The first-order chi connectivity index (χ1) is 17.4. The number of hydrogen-bond donors (Lipinski definition) is 3. The van der Waals surface area contributed by atoms with Crippen LogP contribution in [0.2, 0.25) is 0 Å². The maximum Gasteiger partial charge on any atom is 0.412 e. The lowest BCUT2D eigenvalue weighted by atomic mass is 10.2. The van der Waals surface area contributed by atoms with Crippen LogP contribution in [-0.4, -0.2) is 40.8 Å². The van der Waals surface area contributed by atoms with Gasteiger partial charge >= 0.3 is 12.2 Å². The molecule has 0 radical (unpaired) electrons. The van der Waals surface area contributed by atoms with Crippen molar-refractivity contribution >= 4 is 47.4 Å². The number of nitrogens with zero attached hydrogens (tertiary/aromatic N) is 2. The second-order valence-electron chi connectivity index (χ2n) is 10.2. The zero-order valence-corrected chi connectivity index (χ0v) is 22.0. The highest BCUT2D eigenvalue weighted by Gasteiger charge is 2.18. The van der Waals surface area contributed by atoms with Crippen LogP contribution in [0.4, 0.5) is 32.3 Å². The van der Waals surface area contributed by atoms with E-state index in [0.717, 1.165) is 11.4 Å². The van der Waals surface area contributed by atoms with Crippen molar-refractivity contribution in [2.24, 2.45) is 9.98 Å². The number of carbonyl (C=O) groups excluding carboxylic acids is 2. The highest BCUT2D eigenvalue weighted by molar-refractivity contribution is 5.92. The summed E-state index contributed by atoms with van der Waals surface area (Å²) in [7, 11) is 0. The van der Waals surface area contributed by atoms with Crippen molar-refractivity contribution in [2.75, 3.05) is 10.6 Å². The Labute approximate surface area is 217 Å². The molecule has 0 bridgehead atoms. The van der Waals surface area contributed by atoms with E-state index in [4.69, 9.17) is 9.47 Å². The van der Waals surface area contributed by atoms with E-state index in [1.165, 1.54) is 0 Å². The SMILES string of the molecule is CC(C)(C)OC(=O)Nc1ccccc1N=Cc1ccc(C=Nc2ccccc2NC(=O)OC(C)(C)C)[nH]1. The fourth-order valence-electron chi connectivity index (χ4n) is 3.07. The number of aromatic amines is 1. The summed E-state index contributed by atoms with van der Waals surface area (Å²) in [5, 5.41) is 5.47. The molecule has 0 atom stereocenters. The molecule has 0 spiro atoms. The molecular weight excluding hydrogens is 470 g/mol. The van der Waals surface area contributed by atoms with Gasteiger partial charge in [0.05, 0.1) is 46.6 Å². The number of para-hydroxylation sites is 4. The number of carbonyl (C=O) groups is 2. The average molecular weight is 504 g/mol. The molecule has 0 aliphatic rings. The van der Waals surface area contributed by atoms with E-state index in [1.54, 1.807) is 78.2 Å². The fourth-order valence-corrected chi connectivity index (χ4v) is 3.07. The standard InChI is InChI=1S/C28H33N5O4/c1-27(2,3)36-25(34)32-23-13-9-7-11-21(23)29-17-19-15-16-20(31-19)18-30-22-12-8-10-14-24(22)33-26(35)37-28(4,5)6/h7-18,31H,1-6H3,(H,32,34)(H,33,35). The molecule has 0 fully saturated rings. The van der Waals surface area contributed by atoms with E-state index >= 15 is 0 Å². The Balaban J connectivity index is 1.69. The lowest BCUT2D eigenvalue weighted by molar-refractivity contribution is 0.0624. The normalized spacial score (nSPS) is 12.1. The summed E-state index contributed by atoms with van der Waals surface area (Å²) in [6.07, 6.45) is 2.22. The Kier molecular flexibility index (Phi) is 8.49. The third-order valence-electron chi connectivity index (χ3n) is 4.50. The average Bonchev–Trinajstić information content (AvgIpc) is 3.23. The van der Waals surface area contributed by atoms with Gasteiger partial charge in [-0.2, -0.15) is 0 Å². The van der Waals surface area contributed by atoms with Crippen LogP contribution in [-0.2, 0) is 9.47 Å². The number of nitrogens with one attached hydrogen (secondary N) is 3. The summed E-state index contributed by atoms with van der Waals surface area (Å²) in [5.74, 6) is 0.